The molecule has 0 aliphatic carbocycles. The van der Waals surface area contributed by atoms with Crippen LogP contribution in [-0.2, 0) is 6.42 Å². The summed E-state index contributed by atoms with van der Waals surface area (Å²) in [5.74, 6) is 0.900. The van der Waals surface area contributed by atoms with Crippen molar-refractivity contribution in [3.8, 4) is 0 Å². The van der Waals surface area contributed by atoms with Crippen LogP contribution in [0.15, 0.2) is 39.6 Å². The lowest BCUT2D eigenvalue weighted by Crippen LogP contribution is -1.89. The number of nitrogen functional groups attached to an aromatic ring is 1. The lowest BCUT2D eigenvalue weighted by molar-refractivity contribution is 0.521. The van der Waals surface area contributed by atoms with E-state index in [9.17, 15) is 0 Å². The molecule has 3 aromatic heterocycles. The van der Waals surface area contributed by atoms with Crippen molar-refractivity contribution in [2.45, 2.75) is 6.42 Å². The molecule has 3 rings (SSSR count). The number of aromatic nitrogens is 2. The molecule has 80 valence electrons. The quantitative estimate of drug-likeness (QED) is 0.707. The van der Waals surface area contributed by atoms with E-state index in [1.165, 1.54) is 6.26 Å². The first-order valence-electron chi connectivity index (χ1n) is 4.84. The van der Waals surface area contributed by atoms with E-state index in [0.717, 1.165) is 5.56 Å². The minimum absolute atomic E-state index is 0.288. The maximum Gasteiger partial charge on any atom is 0.220 e. The van der Waals surface area contributed by atoms with Gasteiger partial charge in [-0.15, -0.1) is 0 Å². The molecule has 2 N–H and O–H groups in total. The Balaban J connectivity index is 1.95. The van der Waals surface area contributed by atoms with Gasteiger partial charge in [0.1, 0.15) is 6.26 Å². The van der Waals surface area contributed by atoms with Crippen molar-refractivity contribution >= 4 is 17.0 Å². The molecule has 0 fully saturated rings. The first kappa shape index (κ1) is 8.96. The minimum atomic E-state index is 0.288. The molecule has 3 aromatic rings. The third kappa shape index (κ3) is 1.42. The molecule has 5 nitrogen and oxygen atoms in total. The van der Waals surface area contributed by atoms with Gasteiger partial charge < -0.3 is 14.6 Å². The molecule has 16 heavy (non-hydrogen) atoms. The standard InChI is InChI=1S/C11H9N3O2/c12-11-10-8(6-15-11)16-9(14-10)4-7-2-1-3-13-5-7/h1-3,5-6H,4,12H2. The number of hydrogen-bond donors (Lipinski definition) is 1. The van der Waals surface area contributed by atoms with Crippen molar-refractivity contribution in [1.29, 1.82) is 0 Å². The summed E-state index contributed by atoms with van der Waals surface area (Å²) in [6.45, 7) is 0. The molecule has 0 bridgehead atoms. The Morgan fingerprint density at radius 3 is 3.06 bits per heavy atom. The molecule has 0 unspecified atom stereocenters. The number of anilines is 1. The summed E-state index contributed by atoms with van der Waals surface area (Å²) in [4.78, 5) is 8.28. The smallest absolute Gasteiger partial charge is 0.220 e. The Morgan fingerprint density at radius 1 is 1.38 bits per heavy atom. The molecule has 0 saturated carbocycles. The van der Waals surface area contributed by atoms with Crippen LogP contribution < -0.4 is 5.73 Å². The molecule has 0 atom stereocenters. The molecule has 5 heteroatoms. The van der Waals surface area contributed by atoms with Gasteiger partial charge in [-0.2, -0.15) is 0 Å². The minimum Gasteiger partial charge on any atom is -0.443 e. The van der Waals surface area contributed by atoms with Crippen molar-refractivity contribution in [3.05, 3.63) is 42.2 Å². The topological polar surface area (TPSA) is 78.1 Å². The van der Waals surface area contributed by atoms with Gasteiger partial charge in [-0.1, -0.05) is 6.07 Å². The summed E-state index contributed by atoms with van der Waals surface area (Å²) < 4.78 is 10.4. The van der Waals surface area contributed by atoms with Crippen LogP contribution >= 0.6 is 0 Å². The number of oxazole rings is 1. The van der Waals surface area contributed by atoms with Crippen LogP contribution in [0.4, 0.5) is 5.88 Å². The summed E-state index contributed by atoms with van der Waals surface area (Å²) in [6, 6.07) is 3.84. The van der Waals surface area contributed by atoms with E-state index in [-0.39, 0.29) is 5.88 Å². The fraction of sp³-hybridized carbons (Fsp3) is 0.0909. The van der Waals surface area contributed by atoms with Crippen LogP contribution in [0.5, 0.6) is 0 Å². The highest BCUT2D eigenvalue weighted by atomic mass is 16.4. The average molecular weight is 215 g/mol. The Hall–Kier alpha value is -2.30. The number of rotatable bonds is 2. The van der Waals surface area contributed by atoms with E-state index in [1.54, 1.807) is 12.4 Å². The summed E-state index contributed by atoms with van der Waals surface area (Å²) in [6.07, 6.45) is 5.57. The van der Waals surface area contributed by atoms with E-state index in [1.807, 2.05) is 12.1 Å². The lowest BCUT2D eigenvalue weighted by Gasteiger charge is -1.94. The third-order valence-corrected chi connectivity index (χ3v) is 2.30. The van der Waals surface area contributed by atoms with Gasteiger partial charge in [0.05, 0.1) is 6.42 Å². The summed E-state index contributed by atoms with van der Waals surface area (Å²) in [5.41, 5.74) is 7.79. The number of hydrogen-bond acceptors (Lipinski definition) is 5. The van der Waals surface area contributed by atoms with Crippen molar-refractivity contribution in [2.24, 2.45) is 0 Å². The maximum atomic E-state index is 5.58. The van der Waals surface area contributed by atoms with Crippen LogP contribution in [0.25, 0.3) is 11.1 Å². The van der Waals surface area contributed by atoms with E-state index in [2.05, 4.69) is 9.97 Å². The third-order valence-electron chi connectivity index (χ3n) is 2.30. The zero-order chi connectivity index (χ0) is 11.0. The van der Waals surface area contributed by atoms with Gasteiger partial charge in [0.25, 0.3) is 0 Å². The van der Waals surface area contributed by atoms with Gasteiger partial charge in [-0.25, -0.2) is 4.98 Å². The number of fused-ring (bicyclic) bond motifs is 1. The lowest BCUT2D eigenvalue weighted by atomic mass is 10.2. The van der Waals surface area contributed by atoms with Crippen molar-refractivity contribution in [2.75, 3.05) is 5.73 Å². The molecule has 0 aliphatic heterocycles. The second kappa shape index (κ2) is 3.37. The first-order valence-corrected chi connectivity index (χ1v) is 4.84. The average Bonchev–Trinajstić information content (AvgIpc) is 2.83. The Kier molecular flexibility index (Phi) is 1.89. The van der Waals surface area contributed by atoms with Crippen LogP contribution in [0.1, 0.15) is 11.5 Å². The summed E-state index contributed by atoms with van der Waals surface area (Å²) in [7, 11) is 0. The number of furan rings is 1. The zero-order valence-electron chi connectivity index (χ0n) is 8.38. The molecule has 0 spiro atoms. The Morgan fingerprint density at radius 2 is 2.31 bits per heavy atom. The molecule has 0 aliphatic rings. The molecular formula is C11H9N3O2. The van der Waals surface area contributed by atoms with Crippen molar-refractivity contribution in [3.63, 3.8) is 0 Å². The van der Waals surface area contributed by atoms with Gasteiger partial charge in [0.2, 0.25) is 5.88 Å². The normalized spacial score (nSPS) is 11.0. The van der Waals surface area contributed by atoms with E-state index in [4.69, 9.17) is 14.6 Å². The molecule has 0 amide bonds. The summed E-state index contributed by atoms with van der Waals surface area (Å²) >= 11 is 0. The van der Waals surface area contributed by atoms with Gasteiger partial charge in [-0.3, -0.25) is 4.98 Å². The highest BCUT2D eigenvalue weighted by Gasteiger charge is 2.11. The predicted molar refractivity (Wildman–Crippen MR) is 57.7 cm³/mol. The SMILES string of the molecule is Nc1occ2oc(Cc3cccnc3)nc12. The molecular weight excluding hydrogens is 206 g/mol. The Labute approximate surface area is 90.9 Å². The highest BCUT2D eigenvalue weighted by Crippen LogP contribution is 2.24. The zero-order valence-corrected chi connectivity index (χ0v) is 8.38. The van der Waals surface area contributed by atoms with Crippen LogP contribution in [0.2, 0.25) is 0 Å². The Bertz CT molecular complexity index is 612. The highest BCUT2D eigenvalue weighted by molar-refractivity contribution is 5.82. The van der Waals surface area contributed by atoms with Gasteiger partial charge in [0, 0.05) is 12.4 Å². The largest absolute Gasteiger partial charge is 0.443 e. The first-order chi connectivity index (χ1) is 7.83. The fourth-order valence-corrected chi connectivity index (χ4v) is 1.56. The molecule has 0 aromatic carbocycles. The van der Waals surface area contributed by atoms with Gasteiger partial charge in [0.15, 0.2) is 17.0 Å². The molecule has 3 heterocycles. The van der Waals surface area contributed by atoms with Crippen LogP contribution in [0, 0.1) is 0 Å². The second-order valence-electron chi connectivity index (χ2n) is 3.46. The fourth-order valence-electron chi connectivity index (χ4n) is 1.56. The van der Waals surface area contributed by atoms with Crippen LogP contribution in [-0.4, -0.2) is 9.97 Å². The van der Waals surface area contributed by atoms with E-state index < -0.39 is 0 Å². The maximum absolute atomic E-state index is 5.58. The van der Waals surface area contributed by atoms with Crippen molar-refractivity contribution in [1.82, 2.24) is 9.97 Å². The summed E-state index contributed by atoms with van der Waals surface area (Å²) in [5, 5.41) is 0. The number of pyridine rings is 1. The van der Waals surface area contributed by atoms with Gasteiger partial charge >= 0.3 is 0 Å². The van der Waals surface area contributed by atoms with E-state index in [0.29, 0.717) is 23.4 Å². The molecule has 0 saturated heterocycles. The van der Waals surface area contributed by atoms with E-state index >= 15 is 0 Å². The predicted octanol–water partition coefficient (Wildman–Crippen LogP) is 1.99. The molecule has 0 radical (unpaired) electrons. The van der Waals surface area contributed by atoms with Crippen molar-refractivity contribution < 1.29 is 8.83 Å². The van der Waals surface area contributed by atoms with Gasteiger partial charge in [-0.05, 0) is 11.6 Å². The second-order valence-corrected chi connectivity index (χ2v) is 3.46. The number of nitrogens with two attached hydrogens (primary N) is 1. The number of nitrogens with zero attached hydrogens (tertiary/aromatic N) is 2. The monoisotopic (exact) mass is 215 g/mol. The van der Waals surface area contributed by atoms with Crippen LogP contribution in [0.3, 0.4) is 0 Å².